The molecular formula is C22H19ClF2N4O2. The zero-order chi connectivity index (χ0) is 22.1. The van der Waals surface area contributed by atoms with E-state index in [1.54, 1.807) is 34.9 Å². The van der Waals surface area contributed by atoms with E-state index < -0.39 is 11.6 Å². The minimum absolute atomic E-state index is 0.0553. The summed E-state index contributed by atoms with van der Waals surface area (Å²) in [5.74, 6) is -1.48. The van der Waals surface area contributed by atoms with Gasteiger partial charge in [0.15, 0.2) is 0 Å². The van der Waals surface area contributed by atoms with Crippen molar-refractivity contribution >= 4 is 23.4 Å². The highest BCUT2D eigenvalue weighted by molar-refractivity contribution is 6.33. The number of rotatable bonds is 3. The lowest BCUT2D eigenvalue weighted by molar-refractivity contribution is 0.0535. The molecule has 0 spiro atoms. The molecule has 4 rings (SSSR count). The van der Waals surface area contributed by atoms with Crippen LogP contribution in [0.25, 0.3) is 5.69 Å². The molecule has 0 aliphatic carbocycles. The highest BCUT2D eigenvalue weighted by Crippen LogP contribution is 2.22. The molecule has 1 fully saturated rings. The minimum Gasteiger partial charge on any atom is -0.335 e. The first kappa shape index (κ1) is 21.0. The molecule has 0 radical (unpaired) electrons. The molecule has 0 unspecified atom stereocenters. The highest BCUT2D eigenvalue weighted by atomic mass is 35.5. The summed E-state index contributed by atoms with van der Waals surface area (Å²) in [6.07, 6.45) is 1.43. The van der Waals surface area contributed by atoms with Gasteiger partial charge >= 0.3 is 0 Å². The van der Waals surface area contributed by atoms with E-state index in [-0.39, 0.29) is 28.1 Å². The van der Waals surface area contributed by atoms with E-state index in [1.165, 1.54) is 29.1 Å². The van der Waals surface area contributed by atoms with Gasteiger partial charge in [-0.05, 0) is 37.3 Å². The summed E-state index contributed by atoms with van der Waals surface area (Å²) in [5.41, 5.74) is 1.41. The second kappa shape index (κ2) is 8.47. The van der Waals surface area contributed by atoms with Crippen LogP contribution in [-0.2, 0) is 0 Å². The van der Waals surface area contributed by atoms with Crippen LogP contribution in [0.4, 0.5) is 8.78 Å². The lowest BCUT2D eigenvalue weighted by Crippen LogP contribution is -2.50. The molecule has 0 bridgehead atoms. The smallest absolute Gasteiger partial charge is 0.257 e. The first-order valence-corrected chi connectivity index (χ1v) is 10.1. The van der Waals surface area contributed by atoms with Crippen LogP contribution in [0.1, 0.15) is 26.4 Å². The average molecular weight is 445 g/mol. The number of nitrogens with zero attached hydrogens (tertiary/aromatic N) is 4. The fraction of sp³-hybridized carbons (Fsp3) is 0.227. The van der Waals surface area contributed by atoms with Gasteiger partial charge in [-0.25, -0.2) is 13.5 Å². The molecule has 1 aliphatic rings. The summed E-state index contributed by atoms with van der Waals surface area (Å²) in [4.78, 5) is 28.9. The maximum Gasteiger partial charge on any atom is 0.257 e. The molecule has 2 heterocycles. The third kappa shape index (κ3) is 4.03. The van der Waals surface area contributed by atoms with Crippen molar-refractivity contribution in [2.75, 3.05) is 26.2 Å². The topological polar surface area (TPSA) is 58.4 Å². The fourth-order valence-electron chi connectivity index (χ4n) is 3.60. The molecule has 0 atom stereocenters. The Morgan fingerprint density at radius 3 is 2.16 bits per heavy atom. The molecule has 9 heteroatoms. The van der Waals surface area contributed by atoms with Gasteiger partial charge in [0.1, 0.15) is 17.3 Å². The first-order valence-electron chi connectivity index (χ1n) is 9.70. The Bertz CT molecular complexity index is 1160. The zero-order valence-electron chi connectivity index (χ0n) is 16.7. The predicted octanol–water partition coefficient (Wildman–Crippen LogP) is 3.71. The molecular weight excluding hydrogens is 426 g/mol. The third-order valence-corrected chi connectivity index (χ3v) is 5.65. The Balaban J connectivity index is 1.45. The summed E-state index contributed by atoms with van der Waals surface area (Å²) < 4.78 is 28.7. The molecule has 0 N–H and O–H groups in total. The van der Waals surface area contributed by atoms with Gasteiger partial charge in [-0.2, -0.15) is 5.10 Å². The van der Waals surface area contributed by atoms with Crippen molar-refractivity contribution < 1.29 is 18.4 Å². The van der Waals surface area contributed by atoms with E-state index in [0.29, 0.717) is 37.4 Å². The van der Waals surface area contributed by atoms with Gasteiger partial charge in [0.25, 0.3) is 11.8 Å². The van der Waals surface area contributed by atoms with E-state index in [4.69, 9.17) is 11.6 Å². The molecule has 0 saturated carbocycles. The van der Waals surface area contributed by atoms with Gasteiger partial charge in [-0.1, -0.05) is 23.7 Å². The number of carbonyl (C=O) groups excluding carboxylic acids is 2. The van der Waals surface area contributed by atoms with Crippen molar-refractivity contribution in [3.63, 3.8) is 0 Å². The number of para-hydroxylation sites is 1. The van der Waals surface area contributed by atoms with Crippen LogP contribution < -0.4 is 0 Å². The Kier molecular flexibility index (Phi) is 5.73. The summed E-state index contributed by atoms with van der Waals surface area (Å²) in [5, 5.41) is 4.24. The Labute approximate surface area is 182 Å². The average Bonchev–Trinajstić information content (AvgIpc) is 3.14. The Morgan fingerprint density at radius 2 is 1.55 bits per heavy atom. The molecule has 31 heavy (non-hydrogen) atoms. The molecule has 1 aromatic heterocycles. The summed E-state index contributed by atoms with van der Waals surface area (Å²) in [6, 6.07) is 9.86. The van der Waals surface area contributed by atoms with Crippen molar-refractivity contribution in [3.8, 4) is 5.69 Å². The lowest BCUT2D eigenvalue weighted by atomic mass is 10.1. The van der Waals surface area contributed by atoms with Gasteiger partial charge in [0.2, 0.25) is 0 Å². The van der Waals surface area contributed by atoms with Gasteiger partial charge < -0.3 is 9.80 Å². The fourth-order valence-corrected chi connectivity index (χ4v) is 3.85. The van der Waals surface area contributed by atoms with Crippen LogP contribution in [0.2, 0.25) is 5.02 Å². The van der Waals surface area contributed by atoms with E-state index >= 15 is 0 Å². The summed E-state index contributed by atoms with van der Waals surface area (Å²) in [6.45, 7) is 3.00. The maximum absolute atomic E-state index is 14.1. The predicted molar refractivity (Wildman–Crippen MR) is 111 cm³/mol. The molecule has 2 amide bonds. The number of carbonyl (C=O) groups is 2. The number of hydrogen-bond donors (Lipinski definition) is 0. The van der Waals surface area contributed by atoms with Crippen LogP contribution >= 0.6 is 11.6 Å². The Morgan fingerprint density at radius 1 is 0.935 bits per heavy atom. The van der Waals surface area contributed by atoms with Crippen LogP contribution in [0.5, 0.6) is 0 Å². The van der Waals surface area contributed by atoms with E-state index in [2.05, 4.69) is 5.10 Å². The lowest BCUT2D eigenvalue weighted by Gasteiger charge is -2.35. The van der Waals surface area contributed by atoms with Gasteiger partial charge in [0, 0.05) is 26.2 Å². The normalized spacial score (nSPS) is 14.1. The first-order chi connectivity index (χ1) is 14.9. The molecule has 3 aromatic rings. The van der Waals surface area contributed by atoms with Crippen molar-refractivity contribution in [3.05, 3.63) is 82.1 Å². The van der Waals surface area contributed by atoms with Crippen molar-refractivity contribution in [1.82, 2.24) is 19.6 Å². The van der Waals surface area contributed by atoms with Gasteiger partial charge in [0.05, 0.1) is 28.0 Å². The standard InChI is InChI=1S/C22H19ClF2N4O2/c1-14-17(13-26-29(14)20-5-3-2-4-19(20)25)22(31)28-10-8-27(9-11-28)21(30)16-7-6-15(24)12-18(16)23/h2-7,12-13H,8-11H2,1H3. The molecule has 6 nitrogen and oxygen atoms in total. The van der Waals surface area contributed by atoms with Gasteiger partial charge in [-0.15, -0.1) is 0 Å². The SMILES string of the molecule is Cc1c(C(=O)N2CCN(C(=O)c3ccc(F)cc3Cl)CC2)cnn1-c1ccccc1F. The molecule has 1 aliphatic heterocycles. The van der Waals surface area contributed by atoms with Crippen LogP contribution in [0, 0.1) is 18.6 Å². The minimum atomic E-state index is -0.511. The number of benzene rings is 2. The quantitative estimate of drug-likeness (QED) is 0.618. The largest absolute Gasteiger partial charge is 0.335 e. The van der Waals surface area contributed by atoms with E-state index in [0.717, 1.165) is 6.07 Å². The molecule has 160 valence electrons. The zero-order valence-corrected chi connectivity index (χ0v) is 17.4. The number of halogens is 3. The summed E-state index contributed by atoms with van der Waals surface area (Å²) >= 11 is 6.00. The van der Waals surface area contributed by atoms with Gasteiger partial charge in [-0.3, -0.25) is 9.59 Å². The van der Waals surface area contributed by atoms with E-state index in [1.807, 2.05) is 0 Å². The van der Waals surface area contributed by atoms with Crippen molar-refractivity contribution in [2.45, 2.75) is 6.92 Å². The maximum atomic E-state index is 14.1. The van der Waals surface area contributed by atoms with Crippen LogP contribution in [-0.4, -0.2) is 57.6 Å². The number of hydrogen-bond acceptors (Lipinski definition) is 3. The monoisotopic (exact) mass is 444 g/mol. The Hall–Kier alpha value is -3.26. The van der Waals surface area contributed by atoms with E-state index in [9.17, 15) is 18.4 Å². The number of aromatic nitrogens is 2. The second-order valence-corrected chi connectivity index (χ2v) is 7.62. The molecule has 2 aromatic carbocycles. The van der Waals surface area contributed by atoms with Crippen molar-refractivity contribution in [2.24, 2.45) is 0 Å². The number of piperazine rings is 1. The van der Waals surface area contributed by atoms with Crippen LogP contribution in [0.3, 0.4) is 0 Å². The van der Waals surface area contributed by atoms with Crippen molar-refractivity contribution in [1.29, 1.82) is 0 Å². The number of amides is 2. The summed E-state index contributed by atoms with van der Waals surface area (Å²) in [7, 11) is 0. The molecule has 1 saturated heterocycles. The third-order valence-electron chi connectivity index (χ3n) is 5.34. The highest BCUT2D eigenvalue weighted by Gasteiger charge is 2.28. The van der Waals surface area contributed by atoms with Crippen LogP contribution in [0.15, 0.2) is 48.7 Å². The second-order valence-electron chi connectivity index (χ2n) is 7.22.